The third-order valence-electron chi connectivity index (χ3n) is 4.71. The number of rotatable bonds is 7. The normalized spacial score (nSPS) is 15.6. The van der Waals surface area contributed by atoms with Crippen LogP contribution < -0.4 is 9.46 Å². The summed E-state index contributed by atoms with van der Waals surface area (Å²) >= 11 is 0. The number of hydrogen-bond acceptors (Lipinski definition) is 4. The van der Waals surface area contributed by atoms with Crippen LogP contribution in [0.15, 0.2) is 60.7 Å². The summed E-state index contributed by atoms with van der Waals surface area (Å²) in [5.41, 5.74) is 1.98. The fourth-order valence-corrected chi connectivity index (χ4v) is 4.08. The van der Waals surface area contributed by atoms with Gasteiger partial charge in [0.15, 0.2) is 0 Å². The Morgan fingerprint density at radius 2 is 1.86 bits per heavy atom. The predicted octanol–water partition coefficient (Wildman–Crippen LogP) is 2.82. The highest BCUT2D eigenvalue weighted by Crippen LogP contribution is 2.17. The fourth-order valence-electron chi connectivity index (χ4n) is 3.24. The van der Waals surface area contributed by atoms with E-state index in [9.17, 15) is 13.2 Å². The molecule has 1 N–H and O–H groups in total. The highest BCUT2D eigenvalue weighted by atomic mass is 32.2. The number of piperidine rings is 1. The number of amides is 1. The third kappa shape index (κ3) is 7.03. The van der Waals surface area contributed by atoms with E-state index in [1.54, 1.807) is 17.1 Å². The lowest BCUT2D eigenvalue weighted by Crippen LogP contribution is -2.45. The molecule has 0 saturated carbocycles. The summed E-state index contributed by atoms with van der Waals surface area (Å²) in [4.78, 5) is 14.2. The summed E-state index contributed by atoms with van der Waals surface area (Å²) in [6.45, 7) is 1.57. The molecule has 0 unspecified atom stereocenters. The predicted molar refractivity (Wildman–Crippen MR) is 114 cm³/mol. The second-order valence-electron chi connectivity index (χ2n) is 7.17. The van der Waals surface area contributed by atoms with Gasteiger partial charge in [-0.1, -0.05) is 42.5 Å². The van der Waals surface area contributed by atoms with Gasteiger partial charge in [0.05, 0.1) is 6.26 Å². The first-order valence-corrected chi connectivity index (χ1v) is 11.5. The van der Waals surface area contributed by atoms with Crippen molar-refractivity contribution < 1.29 is 17.9 Å². The lowest BCUT2D eigenvalue weighted by molar-refractivity contribution is -0.126. The molecule has 1 aliphatic rings. The van der Waals surface area contributed by atoms with Crippen molar-refractivity contribution in [3.05, 3.63) is 71.8 Å². The summed E-state index contributed by atoms with van der Waals surface area (Å²) in [5, 5.41) is 0. The number of sulfonamides is 1. The molecule has 0 aliphatic carbocycles. The Labute approximate surface area is 172 Å². The number of carbonyl (C=O) groups is 1. The average molecular weight is 415 g/mol. The Kier molecular flexibility index (Phi) is 7.06. The zero-order chi connectivity index (χ0) is 20.7. The lowest BCUT2D eigenvalue weighted by Gasteiger charge is -2.31. The number of nitrogens with zero attached hydrogens (tertiary/aromatic N) is 1. The number of hydrogen-bond donors (Lipinski definition) is 1. The van der Waals surface area contributed by atoms with Crippen molar-refractivity contribution in [3.8, 4) is 5.75 Å². The van der Waals surface area contributed by atoms with Gasteiger partial charge in [-0.2, -0.15) is 0 Å². The van der Waals surface area contributed by atoms with Crippen molar-refractivity contribution >= 4 is 22.0 Å². The molecule has 1 fully saturated rings. The fraction of sp³-hybridized carbons (Fsp3) is 0.318. The Morgan fingerprint density at radius 1 is 1.14 bits per heavy atom. The van der Waals surface area contributed by atoms with Gasteiger partial charge in [0.1, 0.15) is 12.4 Å². The molecule has 6 nitrogen and oxygen atoms in total. The molecule has 3 rings (SSSR count). The van der Waals surface area contributed by atoms with Crippen molar-refractivity contribution in [3.63, 3.8) is 0 Å². The Hall–Kier alpha value is -2.64. The minimum Gasteiger partial charge on any atom is -0.489 e. The zero-order valence-corrected chi connectivity index (χ0v) is 17.3. The van der Waals surface area contributed by atoms with Crippen LogP contribution in [0.5, 0.6) is 5.75 Å². The molecule has 1 amide bonds. The van der Waals surface area contributed by atoms with E-state index in [0.717, 1.165) is 23.1 Å². The highest BCUT2D eigenvalue weighted by molar-refractivity contribution is 7.88. The van der Waals surface area contributed by atoms with Crippen LogP contribution in [-0.2, 0) is 21.4 Å². The summed E-state index contributed by atoms with van der Waals surface area (Å²) < 4.78 is 31.1. The minimum atomic E-state index is -3.21. The summed E-state index contributed by atoms with van der Waals surface area (Å²) in [6, 6.07) is 17.4. The molecule has 2 aromatic carbocycles. The maximum atomic E-state index is 12.4. The Bertz CT molecular complexity index is 950. The minimum absolute atomic E-state index is 0.0709. The highest BCUT2D eigenvalue weighted by Gasteiger charge is 2.23. The monoisotopic (exact) mass is 414 g/mol. The number of carbonyl (C=O) groups excluding carboxylic acids is 1. The van der Waals surface area contributed by atoms with Crippen LogP contribution in [0.1, 0.15) is 24.0 Å². The molecule has 0 bridgehead atoms. The molecule has 1 saturated heterocycles. The van der Waals surface area contributed by atoms with Crippen LogP contribution in [0.25, 0.3) is 6.08 Å². The van der Waals surface area contributed by atoms with Crippen LogP contribution in [-0.4, -0.2) is 44.6 Å². The molecule has 2 aromatic rings. The second-order valence-corrected chi connectivity index (χ2v) is 8.95. The quantitative estimate of drug-likeness (QED) is 0.707. The van der Waals surface area contributed by atoms with Crippen LogP contribution in [0.3, 0.4) is 0 Å². The van der Waals surface area contributed by atoms with Crippen molar-refractivity contribution in [2.75, 3.05) is 19.3 Å². The van der Waals surface area contributed by atoms with Crippen molar-refractivity contribution in [1.29, 1.82) is 0 Å². The van der Waals surface area contributed by atoms with E-state index >= 15 is 0 Å². The van der Waals surface area contributed by atoms with Gasteiger partial charge in [-0.05, 0) is 42.2 Å². The van der Waals surface area contributed by atoms with E-state index in [-0.39, 0.29) is 11.9 Å². The van der Waals surface area contributed by atoms with Crippen LogP contribution in [0, 0.1) is 0 Å². The van der Waals surface area contributed by atoms with E-state index in [2.05, 4.69) is 4.72 Å². The van der Waals surface area contributed by atoms with Gasteiger partial charge in [-0.25, -0.2) is 13.1 Å². The first-order valence-electron chi connectivity index (χ1n) is 9.60. The van der Waals surface area contributed by atoms with E-state index in [4.69, 9.17) is 4.74 Å². The number of nitrogens with one attached hydrogen (secondary N) is 1. The van der Waals surface area contributed by atoms with Gasteiger partial charge in [-0.15, -0.1) is 0 Å². The van der Waals surface area contributed by atoms with Gasteiger partial charge in [0.2, 0.25) is 15.9 Å². The maximum absolute atomic E-state index is 12.4. The average Bonchev–Trinajstić information content (AvgIpc) is 2.71. The standard InChI is InChI=1S/C22H26N2O4S/c1-29(26,27)23-20-12-14-24(15-13-20)22(25)11-10-18-8-5-9-21(16-18)28-17-19-6-3-2-4-7-19/h2-11,16,20,23H,12-15,17H2,1H3/b11-10+. The number of likely N-dealkylation sites (tertiary alicyclic amines) is 1. The van der Waals surface area contributed by atoms with Gasteiger partial charge < -0.3 is 9.64 Å². The summed E-state index contributed by atoms with van der Waals surface area (Å²) in [7, 11) is -3.21. The molecule has 0 radical (unpaired) electrons. The molecule has 29 heavy (non-hydrogen) atoms. The smallest absolute Gasteiger partial charge is 0.246 e. The van der Waals surface area contributed by atoms with Gasteiger partial charge >= 0.3 is 0 Å². The van der Waals surface area contributed by atoms with Gasteiger partial charge in [0.25, 0.3) is 0 Å². The Balaban J connectivity index is 1.51. The van der Waals surface area contributed by atoms with E-state index in [0.29, 0.717) is 32.5 Å². The topological polar surface area (TPSA) is 75.7 Å². The van der Waals surface area contributed by atoms with Crippen LogP contribution in [0.2, 0.25) is 0 Å². The SMILES string of the molecule is CS(=O)(=O)NC1CCN(C(=O)/C=C/c2cccc(OCc3ccccc3)c2)CC1. The van der Waals surface area contributed by atoms with E-state index in [1.807, 2.05) is 54.6 Å². The molecule has 0 atom stereocenters. The molecule has 0 spiro atoms. The first kappa shape index (κ1) is 21.1. The summed E-state index contributed by atoms with van der Waals surface area (Å²) in [6.07, 6.45) is 5.73. The maximum Gasteiger partial charge on any atom is 0.246 e. The first-order chi connectivity index (χ1) is 13.9. The van der Waals surface area contributed by atoms with Crippen molar-refractivity contribution in [1.82, 2.24) is 9.62 Å². The number of ether oxygens (including phenoxy) is 1. The van der Waals surface area contributed by atoms with Crippen LogP contribution >= 0.6 is 0 Å². The molecular weight excluding hydrogens is 388 g/mol. The molecular formula is C22H26N2O4S. The third-order valence-corrected chi connectivity index (χ3v) is 5.47. The van der Waals surface area contributed by atoms with E-state index < -0.39 is 10.0 Å². The van der Waals surface area contributed by atoms with Crippen molar-refractivity contribution in [2.24, 2.45) is 0 Å². The molecule has 7 heteroatoms. The number of benzene rings is 2. The van der Waals surface area contributed by atoms with Crippen LogP contribution in [0.4, 0.5) is 0 Å². The molecule has 0 aromatic heterocycles. The summed E-state index contributed by atoms with van der Waals surface area (Å²) in [5.74, 6) is 0.675. The lowest BCUT2D eigenvalue weighted by atomic mass is 10.1. The van der Waals surface area contributed by atoms with Crippen molar-refractivity contribution in [2.45, 2.75) is 25.5 Å². The zero-order valence-electron chi connectivity index (χ0n) is 16.5. The Morgan fingerprint density at radius 3 is 2.55 bits per heavy atom. The largest absolute Gasteiger partial charge is 0.489 e. The van der Waals surface area contributed by atoms with Gasteiger partial charge in [0, 0.05) is 25.2 Å². The molecule has 1 aliphatic heterocycles. The van der Waals surface area contributed by atoms with E-state index in [1.165, 1.54) is 0 Å². The molecule has 1 heterocycles. The molecule has 154 valence electrons. The second kappa shape index (κ2) is 9.71. The van der Waals surface area contributed by atoms with Gasteiger partial charge in [-0.3, -0.25) is 4.79 Å².